The molecule has 162 valence electrons. The van der Waals surface area contributed by atoms with Gasteiger partial charge in [-0.25, -0.2) is 0 Å². The average molecular weight is 429 g/mol. The number of benzene rings is 2. The molecule has 5 nitrogen and oxygen atoms in total. The van der Waals surface area contributed by atoms with E-state index in [-0.39, 0.29) is 35.9 Å². The number of carbonyl (C=O) groups is 1. The Bertz CT molecular complexity index is 1100. The van der Waals surface area contributed by atoms with Gasteiger partial charge < -0.3 is 9.42 Å². The molecular formula is C23H22F3N3O2. The number of hydrogen-bond donors (Lipinski definition) is 0. The van der Waals surface area contributed by atoms with E-state index in [0.717, 1.165) is 17.7 Å². The predicted octanol–water partition coefficient (Wildman–Crippen LogP) is 5.57. The third-order valence-electron chi connectivity index (χ3n) is 5.41. The van der Waals surface area contributed by atoms with Gasteiger partial charge in [-0.2, -0.15) is 18.2 Å². The maximum atomic E-state index is 13.0. The summed E-state index contributed by atoms with van der Waals surface area (Å²) in [5.41, 5.74) is 1.39. The van der Waals surface area contributed by atoms with E-state index in [9.17, 15) is 18.0 Å². The lowest BCUT2D eigenvalue weighted by molar-refractivity contribution is -0.137. The van der Waals surface area contributed by atoms with Gasteiger partial charge in [-0.05, 0) is 41.3 Å². The van der Waals surface area contributed by atoms with Crippen molar-refractivity contribution in [2.24, 2.45) is 0 Å². The first-order valence-electron chi connectivity index (χ1n) is 9.94. The maximum Gasteiger partial charge on any atom is 0.416 e. The van der Waals surface area contributed by atoms with E-state index in [1.54, 1.807) is 0 Å². The molecule has 1 aromatic heterocycles. The topological polar surface area (TPSA) is 59.2 Å². The first-order valence-corrected chi connectivity index (χ1v) is 9.94. The second-order valence-electron chi connectivity index (χ2n) is 8.74. The lowest BCUT2D eigenvalue weighted by atomic mass is 9.87. The van der Waals surface area contributed by atoms with Crippen molar-refractivity contribution in [3.8, 4) is 11.5 Å². The lowest BCUT2D eigenvalue weighted by Gasteiger charge is -2.18. The molecule has 1 saturated heterocycles. The number of hydrogen-bond acceptors (Lipinski definition) is 4. The van der Waals surface area contributed by atoms with Crippen molar-refractivity contribution in [1.29, 1.82) is 0 Å². The van der Waals surface area contributed by atoms with Gasteiger partial charge in [0.05, 0.1) is 5.56 Å². The Morgan fingerprint density at radius 3 is 2.39 bits per heavy atom. The normalized spacial score (nSPS) is 17.4. The number of alkyl halides is 3. The summed E-state index contributed by atoms with van der Waals surface area (Å²) in [4.78, 5) is 18.3. The molecule has 0 radical (unpaired) electrons. The summed E-state index contributed by atoms with van der Waals surface area (Å²) in [5.74, 6) is 0.0942. The number of aromatic nitrogens is 2. The van der Waals surface area contributed by atoms with Gasteiger partial charge in [0.25, 0.3) is 5.89 Å². The fraction of sp³-hybridized carbons (Fsp3) is 0.348. The Morgan fingerprint density at radius 1 is 1.03 bits per heavy atom. The number of halogens is 3. The van der Waals surface area contributed by atoms with Crippen LogP contribution >= 0.6 is 0 Å². The summed E-state index contributed by atoms with van der Waals surface area (Å²) in [6, 6.07) is 12.6. The number of carbonyl (C=O) groups excluding carboxylic acids is 1. The van der Waals surface area contributed by atoms with Gasteiger partial charge in [-0.1, -0.05) is 44.1 Å². The molecule has 2 heterocycles. The van der Waals surface area contributed by atoms with Gasteiger partial charge in [-0.15, -0.1) is 0 Å². The Balaban J connectivity index is 1.52. The number of rotatable bonds is 3. The molecular weight excluding hydrogens is 407 g/mol. The highest BCUT2D eigenvalue weighted by Crippen LogP contribution is 2.35. The fourth-order valence-corrected chi connectivity index (χ4v) is 3.61. The average Bonchev–Trinajstić information content (AvgIpc) is 3.34. The van der Waals surface area contributed by atoms with Gasteiger partial charge in [0.1, 0.15) is 0 Å². The summed E-state index contributed by atoms with van der Waals surface area (Å²) >= 11 is 0. The molecule has 0 bridgehead atoms. The highest BCUT2D eigenvalue weighted by Gasteiger charge is 2.36. The van der Waals surface area contributed by atoms with E-state index in [2.05, 4.69) is 30.9 Å². The summed E-state index contributed by atoms with van der Waals surface area (Å²) in [6.07, 6.45) is -4.36. The van der Waals surface area contributed by atoms with Crippen molar-refractivity contribution in [1.82, 2.24) is 10.1 Å². The van der Waals surface area contributed by atoms with Crippen LogP contribution in [0.2, 0.25) is 0 Å². The maximum absolute atomic E-state index is 13.0. The van der Waals surface area contributed by atoms with Gasteiger partial charge in [0.2, 0.25) is 5.91 Å². The number of amides is 1. The van der Waals surface area contributed by atoms with E-state index in [1.807, 2.05) is 24.3 Å². The van der Waals surface area contributed by atoms with Crippen LogP contribution in [0.5, 0.6) is 0 Å². The summed E-state index contributed by atoms with van der Waals surface area (Å²) in [7, 11) is 0. The third-order valence-corrected chi connectivity index (χ3v) is 5.41. The largest absolute Gasteiger partial charge is 0.416 e. The van der Waals surface area contributed by atoms with Crippen LogP contribution in [0.4, 0.5) is 18.9 Å². The molecule has 31 heavy (non-hydrogen) atoms. The van der Waals surface area contributed by atoms with E-state index in [0.29, 0.717) is 11.7 Å². The van der Waals surface area contributed by atoms with Gasteiger partial charge >= 0.3 is 6.18 Å². The summed E-state index contributed by atoms with van der Waals surface area (Å²) < 4.78 is 44.4. The van der Waals surface area contributed by atoms with Crippen LogP contribution in [0.25, 0.3) is 11.5 Å². The zero-order valence-corrected chi connectivity index (χ0v) is 17.4. The number of nitrogens with zero attached hydrogens (tertiary/aromatic N) is 3. The standard InChI is InChI=1S/C23H22F3N3O2/c1-22(2,3)16-9-7-14(8-10-16)21-27-20(28-31-21)15-11-19(30)29(13-15)18-6-4-5-17(12-18)23(24,25)26/h4-10,12,15H,11,13H2,1-3H3. The van der Waals surface area contributed by atoms with E-state index < -0.39 is 11.7 Å². The molecule has 1 amide bonds. The van der Waals surface area contributed by atoms with Gasteiger partial charge in [-0.3, -0.25) is 4.79 Å². The van der Waals surface area contributed by atoms with Crippen molar-refractivity contribution in [2.75, 3.05) is 11.4 Å². The predicted molar refractivity (Wildman–Crippen MR) is 110 cm³/mol. The minimum Gasteiger partial charge on any atom is -0.334 e. The highest BCUT2D eigenvalue weighted by molar-refractivity contribution is 5.96. The monoisotopic (exact) mass is 429 g/mol. The smallest absolute Gasteiger partial charge is 0.334 e. The molecule has 8 heteroatoms. The lowest BCUT2D eigenvalue weighted by Crippen LogP contribution is -2.24. The first-order chi connectivity index (χ1) is 14.5. The van der Waals surface area contributed by atoms with Crippen LogP contribution in [-0.4, -0.2) is 22.6 Å². The van der Waals surface area contributed by atoms with Crippen molar-refractivity contribution >= 4 is 11.6 Å². The van der Waals surface area contributed by atoms with Crippen LogP contribution in [0.1, 0.15) is 50.1 Å². The zero-order chi connectivity index (χ0) is 22.4. The molecule has 1 unspecified atom stereocenters. The van der Waals surface area contributed by atoms with Gasteiger partial charge in [0.15, 0.2) is 5.82 Å². The molecule has 0 aliphatic carbocycles. The first kappa shape index (κ1) is 21.1. The molecule has 1 fully saturated rings. The fourth-order valence-electron chi connectivity index (χ4n) is 3.61. The zero-order valence-electron chi connectivity index (χ0n) is 17.4. The van der Waals surface area contributed by atoms with Crippen LogP contribution in [0, 0.1) is 0 Å². The second kappa shape index (κ2) is 7.51. The molecule has 3 aromatic rings. The van der Waals surface area contributed by atoms with E-state index in [1.165, 1.54) is 22.6 Å². The molecule has 1 aliphatic heterocycles. The molecule has 4 rings (SSSR count). The molecule has 2 aromatic carbocycles. The SMILES string of the molecule is CC(C)(C)c1ccc(-c2nc(C3CC(=O)N(c4cccc(C(F)(F)F)c4)C3)no2)cc1. The Labute approximate surface area is 177 Å². The highest BCUT2D eigenvalue weighted by atomic mass is 19.4. The quantitative estimate of drug-likeness (QED) is 0.546. The minimum atomic E-state index is -4.47. The summed E-state index contributed by atoms with van der Waals surface area (Å²) in [5, 5.41) is 4.02. The van der Waals surface area contributed by atoms with Crippen molar-refractivity contribution in [3.05, 3.63) is 65.5 Å². The van der Waals surface area contributed by atoms with Crippen molar-refractivity contribution < 1.29 is 22.5 Å². The van der Waals surface area contributed by atoms with Crippen LogP contribution in [0.15, 0.2) is 53.1 Å². The molecule has 0 spiro atoms. The van der Waals surface area contributed by atoms with Crippen LogP contribution in [0.3, 0.4) is 0 Å². The van der Waals surface area contributed by atoms with E-state index >= 15 is 0 Å². The third kappa shape index (κ3) is 4.33. The van der Waals surface area contributed by atoms with Crippen LogP contribution in [-0.2, 0) is 16.4 Å². The molecule has 0 saturated carbocycles. The molecule has 0 N–H and O–H groups in total. The Hall–Kier alpha value is -3.16. The van der Waals surface area contributed by atoms with Crippen molar-refractivity contribution in [3.63, 3.8) is 0 Å². The van der Waals surface area contributed by atoms with E-state index in [4.69, 9.17) is 4.52 Å². The number of anilines is 1. The Kier molecular flexibility index (Phi) is 5.11. The molecule has 1 atom stereocenters. The minimum absolute atomic E-state index is 0.0234. The second-order valence-corrected chi connectivity index (χ2v) is 8.74. The van der Waals surface area contributed by atoms with Crippen LogP contribution < -0.4 is 4.90 Å². The van der Waals surface area contributed by atoms with Crippen molar-refractivity contribution in [2.45, 2.75) is 44.7 Å². The van der Waals surface area contributed by atoms with Gasteiger partial charge in [0, 0.05) is 30.1 Å². The molecule has 1 aliphatic rings. The Morgan fingerprint density at radius 2 is 1.74 bits per heavy atom. The summed E-state index contributed by atoms with van der Waals surface area (Å²) in [6.45, 7) is 6.57.